The average molecular weight is 478 g/mol. The first-order valence-corrected chi connectivity index (χ1v) is 11.7. The third-order valence-electron chi connectivity index (χ3n) is 6.18. The van der Waals surface area contributed by atoms with Crippen LogP contribution in [0, 0.1) is 12.8 Å². The molecule has 0 spiro atoms. The largest absolute Gasteiger partial charge is 0.461 e. The molecule has 5 aromatic rings. The smallest absolute Gasteiger partial charge is 0.357 e. The molecular weight excluding hydrogens is 454 g/mol. The first-order chi connectivity index (χ1) is 17.6. The first-order valence-electron chi connectivity index (χ1n) is 11.7. The van der Waals surface area contributed by atoms with Gasteiger partial charge in [-0.05, 0) is 43.3 Å². The normalized spacial score (nSPS) is 13.5. The van der Waals surface area contributed by atoms with Crippen molar-refractivity contribution < 1.29 is 9.53 Å². The number of fused-ring (bicyclic) bond motifs is 1. The molecule has 0 unspecified atom stereocenters. The summed E-state index contributed by atoms with van der Waals surface area (Å²) >= 11 is 0. The maximum atomic E-state index is 12.5. The van der Waals surface area contributed by atoms with E-state index in [0.717, 1.165) is 52.3 Å². The van der Waals surface area contributed by atoms with E-state index in [1.54, 1.807) is 24.8 Å². The van der Waals surface area contributed by atoms with Crippen LogP contribution in [0.5, 0.6) is 0 Å². The number of hydrogen-bond donors (Lipinski definition) is 2. The highest BCUT2D eigenvalue weighted by molar-refractivity contribution is 5.90. The second kappa shape index (κ2) is 9.27. The van der Waals surface area contributed by atoms with Crippen molar-refractivity contribution in [3.05, 3.63) is 78.6 Å². The summed E-state index contributed by atoms with van der Waals surface area (Å²) in [6.07, 6.45) is 4.95. The van der Waals surface area contributed by atoms with Crippen LogP contribution in [0.15, 0.2) is 67.3 Å². The van der Waals surface area contributed by atoms with E-state index in [2.05, 4.69) is 35.2 Å². The van der Waals surface area contributed by atoms with Gasteiger partial charge in [-0.25, -0.2) is 19.7 Å². The number of imidazole rings is 1. The van der Waals surface area contributed by atoms with Crippen LogP contribution in [0.2, 0.25) is 0 Å². The number of nitrogens with one attached hydrogen (secondary N) is 2. The summed E-state index contributed by atoms with van der Waals surface area (Å²) in [4.78, 5) is 38.3. The van der Waals surface area contributed by atoms with E-state index in [1.165, 1.54) is 0 Å². The summed E-state index contributed by atoms with van der Waals surface area (Å²) < 4.78 is 5.41. The van der Waals surface area contributed by atoms with Crippen molar-refractivity contribution in [1.29, 1.82) is 0 Å². The van der Waals surface area contributed by atoms with Crippen molar-refractivity contribution in [2.45, 2.75) is 6.92 Å². The van der Waals surface area contributed by atoms with E-state index < -0.39 is 5.97 Å². The SMILES string of the molecule is Cc1cccc(-c2[nH]cnc2-c2ccc3ncc(-c4nccc(C(=O)OCC5CNC5)n4)cc3c2)n1. The van der Waals surface area contributed by atoms with E-state index in [9.17, 15) is 4.79 Å². The summed E-state index contributed by atoms with van der Waals surface area (Å²) in [5.41, 5.74) is 6.14. The minimum atomic E-state index is -0.447. The fourth-order valence-electron chi connectivity index (χ4n) is 4.14. The maximum Gasteiger partial charge on any atom is 0.357 e. The lowest BCUT2D eigenvalue weighted by Gasteiger charge is -2.26. The van der Waals surface area contributed by atoms with E-state index in [4.69, 9.17) is 4.74 Å². The first kappa shape index (κ1) is 22.0. The van der Waals surface area contributed by atoms with Gasteiger partial charge in [0.2, 0.25) is 0 Å². The second-order valence-corrected chi connectivity index (χ2v) is 8.81. The summed E-state index contributed by atoms with van der Waals surface area (Å²) in [5, 5.41) is 4.07. The molecule has 9 heteroatoms. The number of esters is 1. The topological polar surface area (TPSA) is 119 Å². The van der Waals surface area contributed by atoms with Crippen LogP contribution in [0.1, 0.15) is 16.2 Å². The molecule has 0 radical (unpaired) electrons. The number of H-pyrrole nitrogens is 1. The van der Waals surface area contributed by atoms with Gasteiger partial charge in [0.15, 0.2) is 11.5 Å². The van der Waals surface area contributed by atoms with E-state index in [-0.39, 0.29) is 5.69 Å². The molecule has 178 valence electrons. The van der Waals surface area contributed by atoms with Crippen LogP contribution >= 0.6 is 0 Å². The number of aromatic nitrogens is 6. The van der Waals surface area contributed by atoms with Gasteiger partial charge in [0.25, 0.3) is 0 Å². The van der Waals surface area contributed by atoms with E-state index in [0.29, 0.717) is 23.9 Å². The molecule has 5 heterocycles. The molecule has 0 saturated carbocycles. The van der Waals surface area contributed by atoms with Gasteiger partial charge in [0, 0.05) is 53.6 Å². The highest BCUT2D eigenvalue weighted by Gasteiger charge is 2.20. The molecule has 1 saturated heterocycles. The molecule has 0 bridgehead atoms. The van der Waals surface area contributed by atoms with Gasteiger partial charge in [0.05, 0.1) is 35.5 Å². The number of hydrogen-bond acceptors (Lipinski definition) is 8. The number of nitrogens with zero attached hydrogens (tertiary/aromatic N) is 5. The zero-order chi connectivity index (χ0) is 24.5. The van der Waals surface area contributed by atoms with Gasteiger partial charge in [-0.3, -0.25) is 9.97 Å². The zero-order valence-corrected chi connectivity index (χ0v) is 19.6. The zero-order valence-electron chi connectivity index (χ0n) is 19.6. The monoisotopic (exact) mass is 477 g/mol. The third-order valence-corrected chi connectivity index (χ3v) is 6.18. The Balaban J connectivity index is 1.31. The van der Waals surface area contributed by atoms with Crippen molar-refractivity contribution in [2.75, 3.05) is 19.7 Å². The number of pyridine rings is 2. The molecule has 36 heavy (non-hydrogen) atoms. The highest BCUT2D eigenvalue weighted by atomic mass is 16.5. The highest BCUT2D eigenvalue weighted by Crippen LogP contribution is 2.31. The number of rotatable bonds is 6. The van der Waals surface area contributed by atoms with Gasteiger partial charge in [-0.15, -0.1) is 0 Å². The number of ether oxygens (including phenoxy) is 1. The van der Waals surface area contributed by atoms with Crippen molar-refractivity contribution in [3.63, 3.8) is 0 Å². The molecule has 6 rings (SSSR count). The fraction of sp³-hybridized carbons (Fsp3) is 0.185. The second-order valence-electron chi connectivity index (χ2n) is 8.81. The van der Waals surface area contributed by atoms with Gasteiger partial charge in [-0.1, -0.05) is 12.1 Å². The van der Waals surface area contributed by atoms with Gasteiger partial charge in [0.1, 0.15) is 0 Å². The molecule has 0 amide bonds. The lowest BCUT2D eigenvalue weighted by atomic mass is 10.0. The Bertz CT molecular complexity index is 1580. The number of carbonyl (C=O) groups excluding carboxylic acids is 1. The van der Waals surface area contributed by atoms with Crippen LogP contribution in [0.3, 0.4) is 0 Å². The van der Waals surface area contributed by atoms with E-state index in [1.807, 2.05) is 49.4 Å². The van der Waals surface area contributed by atoms with Crippen molar-refractivity contribution >= 4 is 16.9 Å². The molecule has 9 nitrogen and oxygen atoms in total. The molecule has 1 aliphatic heterocycles. The number of carbonyl (C=O) groups is 1. The lowest BCUT2D eigenvalue weighted by Crippen LogP contribution is -2.44. The van der Waals surface area contributed by atoms with Gasteiger partial charge >= 0.3 is 5.97 Å². The summed E-state index contributed by atoms with van der Waals surface area (Å²) in [7, 11) is 0. The summed E-state index contributed by atoms with van der Waals surface area (Å²) in [5.74, 6) is 0.335. The van der Waals surface area contributed by atoms with E-state index >= 15 is 0 Å². The Hall–Kier alpha value is -4.50. The molecule has 2 N–H and O–H groups in total. The van der Waals surface area contributed by atoms with Crippen molar-refractivity contribution in [3.8, 4) is 34.0 Å². The predicted octanol–water partition coefficient (Wildman–Crippen LogP) is 3.83. The van der Waals surface area contributed by atoms with Gasteiger partial charge < -0.3 is 15.0 Å². The summed E-state index contributed by atoms with van der Waals surface area (Å²) in [6.45, 7) is 4.09. The molecule has 0 aliphatic carbocycles. The molecular formula is C27H23N7O2. The molecule has 4 aromatic heterocycles. The van der Waals surface area contributed by atoms with Crippen LogP contribution in [-0.4, -0.2) is 55.6 Å². The van der Waals surface area contributed by atoms with Crippen LogP contribution in [0.25, 0.3) is 44.9 Å². The Morgan fingerprint density at radius 3 is 2.75 bits per heavy atom. The number of aryl methyl sites for hydroxylation is 1. The number of benzene rings is 1. The minimum Gasteiger partial charge on any atom is -0.461 e. The van der Waals surface area contributed by atoms with Crippen LogP contribution < -0.4 is 5.32 Å². The Kier molecular flexibility index (Phi) is 5.67. The number of aromatic amines is 1. The lowest BCUT2D eigenvalue weighted by molar-refractivity contribution is 0.0391. The van der Waals surface area contributed by atoms with Crippen molar-refractivity contribution in [1.82, 2.24) is 35.2 Å². The third kappa shape index (κ3) is 4.32. The Labute approximate surface area is 207 Å². The standard InChI is InChI=1S/C27H23N7O2/c1-16-3-2-4-22(33-16)25-24(31-15-32-25)18-5-6-21-19(9-18)10-20(13-30-21)26-29-8-7-23(34-26)27(35)36-14-17-11-28-12-17/h2-10,13,15,17,28H,11-12,14H2,1H3,(H,31,32). The molecule has 1 aliphatic rings. The minimum absolute atomic E-state index is 0.230. The molecule has 0 atom stereocenters. The summed E-state index contributed by atoms with van der Waals surface area (Å²) in [6, 6.07) is 15.4. The van der Waals surface area contributed by atoms with Crippen molar-refractivity contribution in [2.24, 2.45) is 5.92 Å². The Morgan fingerprint density at radius 1 is 1.03 bits per heavy atom. The quantitative estimate of drug-likeness (QED) is 0.354. The predicted molar refractivity (Wildman–Crippen MR) is 135 cm³/mol. The molecule has 1 fully saturated rings. The van der Waals surface area contributed by atoms with Crippen LogP contribution in [-0.2, 0) is 4.74 Å². The molecule has 1 aromatic carbocycles. The van der Waals surface area contributed by atoms with Gasteiger partial charge in [-0.2, -0.15) is 0 Å². The fourth-order valence-corrected chi connectivity index (χ4v) is 4.14. The Morgan fingerprint density at radius 2 is 1.92 bits per heavy atom. The maximum absolute atomic E-state index is 12.5. The average Bonchev–Trinajstić information content (AvgIpc) is 3.37. The van der Waals surface area contributed by atoms with Crippen LogP contribution in [0.4, 0.5) is 0 Å².